The number of carbonyl (C=O) groups excluding carboxylic acids is 1. The number of amides is 1. The van der Waals surface area contributed by atoms with E-state index in [9.17, 15) is 4.79 Å². The number of hydrogen-bond donors (Lipinski definition) is 1. The lowest BCUT2D eigenvalue weighted by Crippen LogP contribution is -2.41. The first kappa shape index (κ1) is 20.9. The number of nitrogens with zero attached hydrogens (tertiary/aromatic N) is 3. The second kappa shape index (κ2) is 9.22. The van der Waals surface area contributed by atoms with E-state index in [-0.39, 0.29) is 12.0 Å². The number of ether oxygens (including phenoxy) is 2. The van der Waals surface area contributed by atoms with Crippen LogP contribution in [0.25, 0.3) is 10.9 Å². The fraction of sp³-hybridized carbons (Fsp3) is 0.261. The van der Waals surface area contributed by atoms with Gasteiger partial charge in [-0.05, 0) is 24.3 Å². The molecule has 1 fully saturated rings. The monoisotopic (exact) mass is 438 g/mol. The average Bonchev–Trinajstić information content (AvgIpc) is 2.80. The van der Waals surface area contributed by atoms with Gasteiger partial charge in [0.1, 0.15) is 18.2 Å². The van der Waals surface area contributed by atoms with Crippen LogP contribution in [0.5, 0.6) is 11.5 Å². The molecule has 2 heterocycles. The molecule has 1 amide bonds. The molecule has 4 rings (SSSR count). The minimum absolute atomic E-state index is 0.0233. The van der Waals surface area contributed by atoms with Crippen molar-refractivity contribution in [2.75, 3.05) is 25.5 Å². The van der Waals surface area contributed by atoms with Gasteiger partial charge in [-0.3, -0.25) is 4.79 Å². The highest BCUT2D eigenvalue weighted by Crippen LogP contribution is 2.36. The van der Waals surface area contributed by atoms with Gasteiger partial charge < -0.3 is 19.7 Å². The summed E-state index contributed by atoms with van der Waals surface area (Å²) in [5, 5.41) is 4.66. The predicted octanol–water partition coefficient (Wildman–Crippen LogP) is 4.59. The van der Waals surface area contributed by atoms with Crippen molar-refractivity contribution in [2.24, 2.45) is 0 Å². The second-order valence-electron chi connectivity index (χ2n) is 7.19. The minimum Gasteiger partial charge on any atom is -0.493 e. The highest BCUT2D eigenvalue weighted by atomic mass is 35.5. The van der Waals surface area contributed by atoms with Gasteiger partial charge in [-0.2, -0.15) is 0 Å². The van der Waals surface area contributed by atoms with E-state index in [2.05, 4.69) is 21.9 Å². The molecule has 160 valence electrons. The quantitative estimate of drug-likeness (QED) is 0.567. The number of aromatic nitrogens is 2. The summed E-state index contributed by atoms with van der Waals surface area (Å²) >= 11 is 6.29. The lowest BCUT2D eigenvalue weighted by Gasteiger charge is -2.31. The number of hydrogen-bond acceptors (Lipinski definition) is 6. The summed E-state index contributed by atoms with van der Waals surface area (Å²) in [7, 11) is 1.60. The van der Waals surface area contributed by atoms with Gasteiger partial charge in [0.25, 0.3) is 0 Å². The van der Waals surface area contributed by atoms with Crippen LogP contribution in [-0.2, 0) is 4.79 Å². The number of para-hydroxylation sites is 1. The summed E-state index contributed by atoms with van der Waals surface area (Å²) in [6, 6.07) is 11.2. The molecule has 0 unspecified atom stereocenters. The highest BCUT2D eigenvalue weighted by molar-refractivity contribution is 6.33. The summed E-state index contributed by atoms with van der Waals surface area (Å²) in [5.74, 6) is 1.78. The number of benzene rings is 2. The summed E-state index contributed by atoms with van der Waals surface area (Å²) < 4.78 is 11.8. The number of fused-ring (bicyclic) bond motifs is 1. The molecule has 31 heavy (non-hydrogen) atoms. The van der Waals surface area contributed by atoms with Gasteiger partial charge in [0.15, 0.2) is 11.5 Å². The molecule has 0 bridgehead atoms. The van der Waals surface area contributed by atoms with Gasteiger partial charge in [-0.1, -0.05) is 30.3 Å². The summed E-state index contributed by atoms with van der Waals surface area (Å²) in [6.45, 7) is 4.82. The van der Waals surface area contributed by atoms with Crippen LogP contribution in [0.2, 0.25) is 5.02 Å². The standard InChI is InChI=1S/C23H23ClN4O3/c1-3-22(29)28-10-8-15(9-11-28)31-21-12-16-19(13-20(21)30-2)25-14-26-23(16)27-18-7-5-4-6-17(18)24/h3-7,12-15H,1,8-11H2,2H3,(H,25,26,27). The van der Waals surface area contributed by atoms with Gasteiger partial charge in [-0.25, -0.2) is 9.97 Å². The highest BCUT2D eigenvalue weighted by Gasteiger charge is 2.24. The SMILES string of the molecule is C=CC(=O)N1CCC(Oc2cc3c(Nc4ccccc4Cl)ncnc3cc2OC)CC1. The second-order valence-corrected chi connectivity index (χ2v) is 7.60. The summed E-state index contributed by atoms with van der Waals surface area (Å²) in [5.41, 5.74) is 1.47. The molecule has 1 saturated heterocycles. The van der Waals surface area contributed by atoms with Gasteiger partial charge in [-0.15, -0.1) is 0 Å². The van der Waals surface area contributed by atoms with Crippen LogP contribution in [0.1, 0.15) is 12.8 Å². The third-order valence-electron chi connectivity index (χ3n) is 5.27. The van der Waals surface area contributed by atoms with E-state index in [0.717, 1.165) is 29.4 Å². The van der Waals surface area contributed by atoms with Crippen LogP contribution in [0.3, 0.4) is 0 Å². The van der Waals surface area contributed by atoms with Crippen molar-refractivity contribution in [3.63, 3.8) is 0 Å². The number of carbonyl (C=O) groups is 1. The molecule has 0 radical (unpaired) electrons. The van der Waals surface area contributed by atoms with Crippen molar-refractivity contribution in [2.45, 2.75) is 18.9 Å². The lowest BCUT2D eigenvalue weighted by atomic mass is 10.1. The first-order valence-corrected chi connectivity index (χ1v) is 10.4. The van der Waals surface area contributed by atoms with Crippen LogP contribution < -0.4 is 14.8 Å². The molecule has 1 aliphatic rings. The van der Waals surface area contributed by atoms with Crippen LogP contribution in [0.15, 0.2) is 55.4 Å². The van der Waals surface area contributed by atoms with Crippen molar-refractivity contribution >= 4 is 39.9 Å². The van der Waals surface area contributed by atoms with E-state index in [0.29, 0.717) is 35.4 Å². The first-order chi connectivity index (χ1) is 15.1. The molecule has 1 N–H and O–H groups in total. The van der Waals surface area contributed by atoms with Crippen molar-refractivity contribution in [1.82, 2.24) is 14.9 Å². The topological polar surface area (TPSA) is 76.6 Å². The maximum Gasteiger partial charge on any atom is 0.245 e. The molecule has 0 atom stereocenters. The zero-order valence-electron chi connectivity index (χ0n) is 17.2. The Morgan fingerprint density at radius 3 is 2.71 bits per heavy atom. The fourth-order valence-corrected chi connectivity index (χ4v) is 3.79. The number of piperidine rings is 1. The normalized spacial score (nSPS) is 14.3. The molecule has 7 nitrogen and oxygen atoms in total. The molecule has 0 saturated carbocycles. The number of anilines is 2. The van der Waals surface area contributed by atoms with E-state index < -0.39 is 0 Å². The molecule has 3 aromatic rings. The zero-order valence-corrected chi connectivity index (χ0v) is 17.9. The fourth-order valence-electron chi connectivity index (χ4n) is 3.61. The smallest absolute Gasteiger partial charge is 0.245 e. The molecule has 0 aliphatic carbocycles. The average molecular weight is 439 g/mol. The minimum atomic E-state index is -0.0471. The number of methoxy groups -OCH3 is 1. The van der Waals surface area contributed by atoms with E-state index in [1.807, 2.05) is 36.4 Å². The first-order valence-electron chi connectivity index (χ1n) is 10.0. The number of halogens is 1. The van der Waals surface area contributed by atoms with Crippen molar-refractivity contribution in [3.05, 3.63) is 60.4 Å². The molecule has 0 spiro atoms. The molecular weight excluding hydrogens is 416 g/mol. The van der Waals surface area contributed by atoms with Crippen LogP contribution >= 0.6 is 11.6 Å². The Kier molecular flexibility index (Phi) is 6.23. The maximum absolute atomic E-state index is 11.8. The van der Waals surface area contributed by atoms with Crippen LogP contribution in [0.4, 0.5) is 11.5 Å². The molecule has 1 aromatic heterocycles. The Hall–Kier alpha value is -3.32. The number of nitrogens with one attached hydrogen (secondary N) is 1. The third kappa shape index (κ3) is 4.56. The predicted molar refractivity (Wildman–Crippen MR) is 121 cm³/mol. The largest absolute Gasteiger partial charge is 0.493 e. The van der Waals surface area contributed by atoms with Crippen LogP contribution in [-0.4, -0.2) is 47.1 Å². The Bertz CT molecular complexity index is 1110. The maximum atomic E-state index is 11.8. The number of rotatable bonds is 6. The number of likely N-dealkylation sites (tertiary alicyclic amines) is 1. The Morgan fingerprint density at radius 1 is 1.23 bits per heavy atom. The summed E-state index contributed by atoms with van der Waals surface area (Å²) in [4.78, 5) is 22.4. The van der Waals surface area contributed by atoms with Gasteiger partial charge in [0.2, 0.25) is 5.91 Å². The van der Waals surface area contributed by atoms with Gasteiger partial charge in [0.05, 0.1) is 23.3 Å². The van der Waals surface area contributed by atoms with Gasteiger partial charge in [0, 0.05) is 37.4 Å². The van der Waals surface area contributed by atoms with Crippen molar-refractivity contribution < 1.29 is 14.3 Å². The molecule has 2 aromatic carbocycles. The Morgan fingerprint density at radius 2 is 2.00 bits per heavy atom. The summed E-state index contributed by atoms with van der Waals surface area (Å²) in [6.07, 6.45) is 4.28. The Balaban J connectivity index is 1.61. The molecule has 8 heteroatoms. The third-order valence-corrected chi connectivity index (χ3v) is 5.60. The van der Waals surface area contributed by atoms with E-state index in [1.54, 1.807) is 12.0 Å². The lowest BCUT2D eigenvalue weighted by molar-refractivity contribution is -0.127. The van der Waals surface area contributed by atoms with Crippen LogP contribution in [0, 0.1) is 0 Å². The van der Waals surface area contributed by atoms with Crippen molar-refractivity contribution in [3.8, 4) is 11.5 Å². The van der Waals surface area contributed by atoms with E-state index in [4.69, 9.17) is 21.1 Å². The van der Waals surface area contributed by atoms with E-state index in [1.165, 1.54) is 12.4 Å². The van der Waals surface area contributed by atoms with Crippen molar-refractivity contribution in [1.29, 1.82) is 0 Å². The molecular formula is C23H23ClN4O3. The molecule has 1 aliphatic heterocycles. The Labute approximate surface area is 185 Å². The zero-order chi connectivity index (χ0) is 21.8. The van der Waals surface area contributed by atoms with Gasteiger partial charge >= 0.3 is 0 Å². The van der Waals surface area contributed by atoms with E-state index >= 15 is 0 Å².